The van der Waals surface area contributed by atoms with Crippen LogP contribution in [0.2, 0.25) is 0 Å². The first-order valence-corrected chi connectivity index (χ1v) is 7.69. The van der Waals surface area contributed by atoms with Crippen molar-refractivity contribution in [2.45, 2.75) is 12.3 Å². The zero-order valence-corrected chi connectivity index (χ0v) is 13.2. The molecule has 0 bridgehead atoms. The van der Waals surface area contributed by atoms with Gasteiger partial charge in [0, 0.05) is 46.4 Å². The number of methoxy groups -OCH3 is 1. The van der Waals surface area contributed by atoms with Crippen molar-refractivity contribution in [1.29, 1.82) is 0 Å². The number of benzene rings is 1. The second-order valence-electron chi connectivity index (χ2n) is 5.74. The van der Waals surface area contributed by atoms with Crippen LogP contribution in [-0.4, -0.2) is 67.9 Å². The standard InChI is InChI=1S/C16H23F3N2O2/c1-23-11-10-20-6-8-21(9-7-20)12-15(22)13-4-2-3-5-14(13)16(17,18)19/h2-5,15,22H,6-12H2,1H3/t15-/m0/s1. The van der Waals surface area contributed by atoms with Crippen LogP contribution in [0.3, 0.4) is 0 Å². The Morgan fingerprint density at radius 2 is 1.74 bits per heavy atom. The van der Waals surface area contributed by atoms with Crippen LogP contribution < -0.4 is 0 Å². The normalized spacial score (nSPS) is 19.0. The number of aliphatic hydroxyl groups excluding tert-OH is 1. The van der Waals surface area contributed by atoms with Crippen molar-refractivity contribution in [3.63, 3.8) is 0 Å². The van der Waals surface area contributed by atoms with Gasteiger partial charge in [-0.3, -0.25) is 9.80 Å². The summed E-state index contributed by atoms with van der Waals surface area (Å²) in [5, 5.41) is 10.2. The van der Waals surface area contributed by atoms with Gasteiger partial charge in [0.15, 0.2) is 0 Å². The smallest absolute Gasteiger partial charge is 0.387 e. The summed E-state index contributed by atoms with van der Waals surface area (Å²) in [7, 11) is 1.66. The van der Waals surface area contributed by atoms with E-state index < -0.39 is 17.8 Å². The van der Waals surface area contributed by atoms with Crippen molar-refractivity contribution in [1.82, 2.24) is 9.80 Å². The molecule has 4 nitrogen and oxygen atoms in total. The summed E-state index contributed by atoms with van der Waals surface area (Å²) in [6, 6.07) is 5.23. The summed E-state index contributed by atoms with van der Waals surface area (Å²) in [6.07, 6.45) is -5.59. The molecule has 0 radical (unpaired) electrons. The SMILES string of the molecule is COCCN1CCN(C[C@H](O)c2ccccc2C(F)(F)F)CC1. The predicted molar refractivity (Wildman–Crippen MR) is 81.2 cm³/mol. The second-order valence-corrected chi connectivity index (χ2v) is 5.74. The maximum absolute atomic E-state index is 13.0. The van der Waals surface area contributed by atoms with Crippen LogP contribution in [0.15, 0.2) is 24.3 Å². The Morgan fingerprint density at radius 3 is 2.35 bits per heavy atom. The summed E-state index contributed by atoms with van der Waals surface area (Å²) < 4.78 is 44.1. The van der Waals surface area contributed by atoms with Gasteiger partial charge in [-0.05, 0) is 11.6 Å². The molecule has 7 heteroatoms. The van der Waals surface area contributed by atoms with Crippen LogP contribution in [0.4, 0.5) is 13.2 Å². The van der Waals surface area contributed by atoms with Crippen LogP contribution in [0.1, 0.15) is 17.2 Å². The number of β-amino-alcohol motifs (C(OH)–C–C–N with tert-alkyl or cyclic N) is 1. The van der Waals surface area contributed by atoms with E-state index in [1.54, 1.807) is 7.11 Å². The van der Waals surface area contributed by atoms with E-state index in [0.717, 1.165) is 38.8 Å². The third kappa shape index (κ3) is 5.17. The lowest BCUT2D eigenvalue weighted by atomic mass is 10.0. The minimum Gasteiger partial charge on any atom is -0.387 e. The average Bonchev–Trinajstić information content (AvgIpc) is 2.53. The van der Waals surface area contributed by atoms with E-state index in [-0.39, 0.29) is 12.1 Å². The van der Waals surface area contributed by atoms with Gasteiger partial charge >= 0.3 is 6.18 Å². The summed E-state index contributed by atoms with van der Waals surface area (Å²) in [4.78, 5) is 4.25. The molecule has 23 heavy (non-hydrogen) atoms. The lowest BCUT2D eigenvalue weighted by Gasteiger charge is -2.35. The summed E-state index contributed by atoms with van der Waals surface area (Å²) >= 11 is 0. The number of nitrogens with zero attached hydrogens (tertiary/aromatic N) is 2. The fourth-order valence-electron chi connectivity index (χ4n) is 2.80. The summed E-state index contributed by atoms with van der Waals surface area (Å²) in [5.41, 5.74) is -0.812. The van der Waals surface area contributed by atoms with Gasteiger partial charge in [0.05, 0.1) is 18.3 Å². The van der Waals surface area contributed by atoms with Crippen molar-refractivity contribution in [2.75, 3.05) is 53.0 Å². The molecule has 2 rings (SSSR count). The number of piperazine rings is 1. The molecular formula is C16H23F3N2O2. The molecule has 1 aromatic carbocycles. The lowest BCUT2D eigenvalue weighted by Crippen LogP contribution is -2.48. The molecule has 1 aliphatic rings. The Hall–Kier alpha value is -1.15. The van der Waals surface area contributed by atoms with Crippen LogP contribution >= 0.6 is 0 Å². The molecule has 1 N–H and O–H groups in total. The van der Waals surface area contributed by atoms with Crippen LogP contribution in [-0.2, 0) is 10.9 Å². The minimum atomic E-state index is -4.45. The Balaban J connectivity index is 1.92. The second kappa shape index (κ2) is 8.10. The van der Waals surface area contributed by atoms with Crippen molar-refractivity contribution in [2.24, 2.45) is 0 Å². The third-order valence-corrected chi connectivity index (χ3v) is 4.13. The molecule has 1 aliphatic heterocycles. The highest BCUT2D eigenvalue weighted by atomic mass is 19.4. The van der Waals surface area contributed by atoms with E-state index in [2.05, 4.69) is 4.90 Å². The van der Waals surface area contributed by atoms with Gasteiger partial charge in [-0.2, -0.15) is 13.2 Å². The number of alkyl halides is 3. The average molecular weight is 332 g/mol. The number of hydrogen-bond acceptors (Lipinski definition) is 4. The van der Waals surface area contributed by atoms with Crippen LogP contribution in [0.5, 0.6) is 0 Å². The maximum Gasteiger partial charge on any atom is 0.416 e. The van der Waals surface area contributed by atoms with Crippen LogP contribution in [0.25, 0.3) is 0 Å². The molecule has 0 aliphatic carbocycles. The molecule has 1 fully saturated rings. The Bertz CT molecular complexity index is 488. The Labute approximate surface area is 134 Å². The first-order chi connectivity index (χ1) is 10.9. The largest absolute Gasteiger partial charge is 0.416 e. The van der Waals surface area contributed by atoms with Gasteiger partial charge in [0.1, 0.15) is 0 Å². The molecular weight excluding hydrogens is 309 g/mol. The van der Waals surface area contributed by atoms with E-state index in [0.29, 0.717) is 6.61 Å². The molecule has 0 spiro atoms. The van der Waals surface area contributed by atoms with Crippen molar-refractivity contribution < 1.29 is 23.0 Å². The molecule has 0 unspecified atom stereocenters. The van der Waals surface area contributed by atoms with Gasteiger partial charge < -0.3 is 9.84 Å². The van der Waals surface area contributed by atoms with Crippen molar-refractivity contribution >= 4 is 0 Å². The Morgan fingerprint density at radius 1 is 1.13 bits per heavy atom. The predicted octanol–water partition coefficient (Wildman–Crippen LogP) is 2.00. The molecule has 0 aromatic heterocycles. The molecule has 1 saturated heterocycles. The first-order valence-electron chi connectivity index (χ1n) is 7.69. The molecule has 130 valence electrons. The zero-order valence-electron chi connectivity index (χ0n) is 13.2. The van der Waals surface area contributed by atoms with E-state index in [4.69, 9.17) is 4.74 Å². The summed E-state index contributed by atoms with van der Waals surface area (Å²) in [6.45, 7) is 4.86. The summed E-state index contributed by atoms with van der Waals surface area (Å²) in [5.74, 6) is 0. The highest BCUT2D eigenvalue weighted by molar-refractivity contribution is 5.31. The van der Waals surface area contributed by atoms with Gasteiger partial charge in [0.2, 0.25) is 0 Å². The molecule has 0 saturated carbocycles. The first kappa shape index (κ1) is 18.2. The fraction of sp³-hybridized carbons (Fsp3) is 0.625. The topological polar surface area (TPSA) is 35.9 Å². The van der Waals surface area contributed by atoms with Gasteiger partial charge in [0.25, 0.3) is 0 Å². The number of halogens is 3. The molecule has 1 heterocycles. The van der Waals surface area contributed by atoms with Crippen molar-refractivity contribution in [3.8, 4) is 0 Å². The monoisotopic (exact) mass is 332 g/mol. The fourth-order valence-corrected chi connectivity index (χ4v) is 2.80. The van der Waals surface area contributed by atoms with E-state index >= 15 is 0 Å². The van der Waals surface area contributed by atoms with E-state index in [9.17, 15) is 18.3 Å². The third-order valence-electron chi connectivity index (χ3n) is 4.13. The van der Waals surface area contributed by atoms with Gasteiger partial charge in [-0.25, -0.2) is 0 Å². The van der Waals surface area contributed by atoms with Crippen LogP contribution in [0, 0.1) is 0 Å². The molecule has 0 amide bonds. The van der Waals surface area contributed by atoms with E-state index in [1.165, 1.54) is 18.2 Å². The number of rotatable bonds is 6. The number of ether oxygens (including phenoxy) is 1. The van der Waals surface area contributed by atoms with E-state index in [1.807, 2.05) is 4.90 Å². The van der Waals surface area contributed by atoms with Gasteiger partial charge in [-0.15, -0.1) is 0 Å². The minimum absolute atomic E-state index is 0.0539. The van der Waals surface area contributed by atoms with Crippen molar-refractivity contribution in [3.05, 3.63) is 35.4 Å². The number of aliphatic hydroxyl groups is 1. The molecule has 1 aromatic rings. The zero-order chi connectivity index (χ0) is 16.9. The lowest BCUT2D eigenvalue weighted by molar-refractivity contribution is -0.139. The quantitative estimate of drug-likeness (QED) is 0.864. The highest BCUT2D eigenvalue weighted by Gasteiger charge is 2.35. The highest BCUT2D eigenvalue weighted by Crippen LogP contribution is 2.34. The molecule has 1 atom stereocenters. The maximum atomic E-state index is 13.0. The van der Waals surface area contributed by atoms with Gasteiger partial charge in [-0.1, -0.05) is 18.2 Å². The number of hydrogen-bond donors (Lipinski definition) is 1. The Kier molecular flexibility index (Phi) is 6.41.